The highest BCUT2D eigenvalue weighted by Gasteiger charge is 2.27. The van der Waals surface area contributed by atoms with Crippen LogP contribution in [0.1, 0.15) is 25.5 Å². The highest BCUT2D eigenvalue weighted by atomic mass is 15.4. The summed E-state index contributed by atoms with van der Waals surface area (Å²) in [4.78, 5) is 13.1. The summed E-state index contributed by atoms with van der Waals surface area (Å²) in [5.74, 6) is 3.54. The van der Waals surface area contributed by atoms with Gasteiger partial charge in [-0.05, 0) is 43.7 Å². The zero-order valence-corrected chi connectivity index (χ0v) is 13.3. The number of pyridine rings is 1. The van der Waals surface area contributed by atoms with Gasteiger partial charge in [-0.2, -0.15) is 5.10 Å². The molecule has 1 saturated carbocycles. The molecule has 3 heterocycles. The lowest BCUT2D eigenvalue weighted by molar-refractivity contribution is 0.182. The minimum atomic E-state index is 0.583. The Balaban J connectivity index is 1.72. The van der Waals surface area contributed by atoms with Crippen LogP contribution in [0.15, 0.2) is 24.7 Å². The molecule has 0 saturated heterocycles. The lowest BCUT2D eigenvalue weighted by Gasteiger charge is -2.32. The lowest BCUT2D eigenvalue weighted by Crippen LogP contribution is -2.26. The van der Waals surface area contributed by atoms with Crippen LogP contribution in [-0.2, 0) is 6.54 Å². The predicted octanol–water partition coefficient (Wildman–Crippen LogP) is 2.48. The van der Waals surface area contributed by atoms with Gasteiger partial charge in [0.15, 0.2) is 11.6 Å². The molecule has 0 atom stereocenters. The van der Waals surface area contributed by atoms with Crippen LogP contribution in [0.3, 0.4) is 0 Å². The zero-order chi connectivity index (χ0) is 15.8. The molecule has 0 aromatic carbocycles. The number of hydrogen-bond donors (Lipinski definition) is 1. The average Bonchev–Trinajstić information content (AvgIpc) is 3.14. The summed E-state index contributed by atoms with van der Waals surface area (Å²) in [5.41, 5.74) is 2.00. The summed E-state index contributed by atoms with van der Waals surface area (Å²) >= 11 is 0. The Morgan fingerprint density at radius 2 is 2.17 bits per heavy atom. The van der Waals surface area contributed by atoms with Gasteiger partial charge in [0.25, 0.3) is 0 Å². The summed E-state index contributed by atoms with van der Waals surface area (Å²) in [6.45, 7) is 5.17. The maximum absolute atomic E-state index is 4.68. The van der Waals surface area contributed by atoms with E-state index in [0.717, 1.165) is 29.5 Å². The molecule has 1 fully saturated rings. The van der Waals surface area contributed by atoms with E-state index in [-0.39, 0.29) is 0 Å². The molecule has 7 heteroatoms. The lowest BCUT2D eigenvalue weighted by atomic mass is 9.76. The first-order valence-corrected chi connectivity index (χ1v) is 7.92. The van der Waals surface area contributed by atoms with Crippen LogP contribution in [0, 0.1) is 18.8 Å². The molecule has 3 aromatic rings. The Hall–Kier alpha value is -2.57. The molecule has 0 amide bonds. The van der Waals surface area contributed by atoms with E-state index >= 15 is 0 Å². The highest BCUT2D eigenvalue weighted by molar-refractivity contribution is 5.58. The highest BCUT2D eigenvalue weighted by Crippen LogP contribution is 2.35. The second-order valence-electron chi connectivity index (χ2n) is 6.40. The molecule has 0 aliphatic heterocycles. The predicted molar refractivity (Wildman–Crippen MR) is 85.3 cm³/mol. The number of aromatic nitrogens is 7. The van der Waals surface area contributed by atoms with Gasteiger partial charge in [-0.15, -0.1) is 5.10 Å². The van der Waals surface area contributed by atoms with Gasteiger partial charge in [0.2, 0.25) is 5.82 Å². The van der Waals surface area contributed by atoms with Crippen LogP contribution in [0.5, 0.6) is 0 Å². The van der Waals surface area contributed by atoms with Gasteiger partial charge in [0.05, 0.1) is 0 Å². The normalized spacial score (nSPS) is 20.4. The van der Waals surface area contributed by atoms with Crippen molar-refractivity contribution >= 4 is 0 Å². The summed E-state index contributed by atoms with van der Waals surface area (Å²) < 4.78 is 2.00. The van der Waals surface area contributed by atoms with Crippen molar-refractivity contribution in [1.29, 1.82) is 0 Å². The van der Waals surface area contributed by atoms with E-state index in [1.54, 1.807) is 0 Å². The van der Waals surface area contributed by atoms with Crippen molar-refractivity contribution in [1.82, 2.24) is 34.9 Å². The molecule has 3 aromatic heterocycles. The molecule has 1 aliphatic rings. The monoisotopic (exact) mass is 309 g/mol. The number of nitrogens with zero attached hydrogens (tertiary/aromatic N) is 6. The minimum absolute atomic E-state index is 0.583. The van der Waals surface area contributed by atoms with E-state index in [2.05, 4.69) is 37.2 Å². The molecule has 118 valence electrons. The fraction of sp³-hybridized carbons (Fsp3) is 0.438. The first-order valence-electron chi connectivity index (χ1n) is 7.92. The topological polar surface area (TPSA) is 85.2 Å². The standard InChI is InChI=1S/C16H19N7/c1-10-5-12(6-10)8-23-16(13-3-4-17-11(2)7-13)20-15(22-23)14-18-9-19-21-14/h3-4,7,9-10,12H,5-6,8H2,1-2H3,(H,18,19,21). The molecule has 7 nitrogen and oxygen atoms in total. The van der Waals surface area contributed by atoms with Gasteiger partial charge in [-0.3, -0.25) is 10.1 Å². The number of rotatable bonds is 4. The third-order valence-electron chi connectivity index (χ3n) is 4.36. The smallest absolute Gasteiger partial charge is 0.219 e. The third kappa shape index (κ3) is 2.74. The summed E-state index contributed by atoms with van der Waals surface area (Å²) in [6.07, 6.45) is 5.79. The Kier molecular flexibility index (Phi) is 3.40. The summed E-state index contributed by atoms with van der Waals surface area (Å²) in [7, 11) is 0. The quantitative estimate of drug-likeness (QED) is 0.800. The van der Waals surface area contributed by atoms with Gasteiger partial charge < -0.3 is 0 Å². The van der Waals surface area contributed by atoms with Crippen LogP contribution in [0.4, 0.5) is 0 Å². The fourth-order valence-electron chi connectivity index (χ4n) is 3.24. The van der Waals surface area contributed by atoms with E-state index in [9.17, 15) is 0 Å². The van der Waals surface area contributed by atoms with Crippen molar-refractivity contribution in [3.8, 4) is 23.0 Å². The van der Waals surface area contributed by atoms with Gasteiger partial charge >= 0.3 is 0 Å². The molecular formula is C16H19N7. The van der Waals surface area contributed by atoms with Crippen LogP contribution in [-0.4, -0.2) is 34.9 Å². The van der Waals surface area contributed by atoms with Gasteiger partial charge in [0.1, 0.15) is 6.33 Å². The second kappa shape index (κ2) is 5.57. The average molecular weight is 309 g/mol. The van der Waals surface area contributed by atoms with E-state index in [1.165, 1.54) is 19.2 Å². The van der Waals surface area contributed by atoms with Crippen LogP contribution >= 0.6 is 0 Å². The zero-order valence-electron chi connectivity index (χ0n) is 13.3. The molecule has 0 unspecified atom stereocenters. The Morgan fingerprint density at radius 1 is 1.30 bits per heavy atom. The van der Waals surface area contributed by atoms with Crippen molar-refractivity contribution in [2.24, 2.45) is 11.8 Å². The first-order chi connectivity index (χ1) is 11.2. The first kappa shape index (κ1) is 14.0. The van der Waals surface area contributed by atoms with Crippen molar-refractivity contribution < 1.29 is 0 Å². The van der Waals surface area contributed by atoms with Crippen LogP contribution in [0.25, 0.3) is 23.0 Å². The van der Waals surface area contributed by atoms with E-state index in [0.29, 0.717) is 17.6 Å². The van der Waals surface area contributed by atoms with Crippen molar-refractivity contribution in [2.45, 2.75) is 33.2 Å². The fourth-order valence-corrected chi connectivity index (χ4v) is 3.24. The molecule has 23 heavy (non-hydrogen) atoms. The number of H-pyrrole nitrogens is 1. The third-order valence-corrected chi connectivity index (χ3v) is 4.36. The van der Waals surface area contributed by atoms with Gasteiger partial charge in [0, 0.05) is 24.0 Å². The largest absolute Gasteiger partial charge is 0.262 e. The van der Waals surface area contributed by atoms with Crippen molar-refractivity contribution in [3.05, 3.63) is 30.4 Å². The minimum Gasteiger partial charge on any atom is -0.262 e. The molecule has 0 spiro atoms. The molecule has 0 bridgehead atoms. The molecule has 1 aliphatic carbocycles. The number of hydrogen-bond acceptors (Lipinski definition) is 5. The maximum Gasteiger partial charge on any atom is 0.219 e. The van der Waals surface area contributed by atoms with E-state index in [4.69, 9.17) is 0 Å². The van der Waals surface area contributed by atoms with Crippen LogP contribution in [0.2, 0.25) is 0 Å². The van der Waals surface area contributed by atoms with Gasteiger partial charge in [-0.1, -0.05) is 6.92 Å². The van der Waals surface area contributed by atoms with Crippen molar-refractivity contribution in [3.63, 3.8) is 0 Å². The second-order valence-corrected chi connectivity index (χ2v) is 6.40. The molecule has 0 radical (unpaired) electrons. The molecule has 1 N–H and O–H groups in total. The molecule has 4 rings (SSSR count). The maximum atomic E-state index is 4.68. The summed E-state index contributed by atoms with van der Waals surface area (Å²) in [5, 5.41) is 11.4. The number of aromatic amines is 1. The number of aryl methyl sites for hydroxylation is 1. The summed E-state index contributed by atoms with van der Waals surface area (Å²) in [6, 6.07) is 4.01. The van der Waals surface area contributed by atoms with Crippen molar-refractivity contribution in [2.75, 3.05) is 0 Å². The van der Waals surface area contributed by atoms with Crippen LogP contribution < -0.4 is 0 Å². The van der Waals surface area contributed by atoms with E-state index in [1.807, 2.05) is 29.9 Å². The Labute approximate surface area is 134 Å². The SMILES string of the molecule is Cc1cc(-c2nc(-c3ncn[nH]3)nn2CC2CC(C)C2)ccn1. The Bertz CT molecular complexity index is 800. The van der Waals surface area contributed by atoms with E-state index < -0.39 is 0 Å². The molecular weight excluding hydrogens is 290 g/mol. The Morgan fingerprint density at radius 3 is 2.87 bits per heavy atom. The van der Waals surface area contributed by atoms with Gasteiger partial charge in [-0.25, -0.2) is 14.6 Å². The number of nitrogens with one attached hydrogen (secondary N) is 1.